The van der Waals surface area contributed by atoms with E-state index in [-0.39, 0.29) is 0 Å². The second-order valence-corrected chi connectivity index (χ2v) is 18.1. The van der Waals surface area contributed by atoms with Crippen molar-refractivity contribution in [2.24, 2.45) is 0 Å². The number of fused-ring (bicyclic) bond motifs is 11. The van der Waals surface area contributed by atoms with Crippen molar-refractivity contribution in [3.8, 4) is 55.9 Å². The van der Waals surface area contributed by atoms with Gasteiger partial charge < -0.3 is 9.13 Å². The lowest BCUT2D eigenvalue weighted by molar-refractivity contribution is 1.18. The monoisotopic (exact) mass is 862 g/mol. The number of para-hydroxylation sites is 2. The minimum Gasteiger partial charge on any atom is -0.309 e. The first-order chi connectivity index (χ1) is 33.7. The van der Waals surface area contributed by atoms with E-state index in [2.05, 4.69) is 264 Å². The summed E-state index contributed by atoms with van der Waals surface area (Å²) in [6.45, 7) is 0. The zero-order valence-corrected chi connectivity index (χ0v) is 37.1. The molecular weight excluding hydrogens is 821 g/mol. The topological polar surface area (TPSA) is 9.86 Å². The Balaban J connectivity index is 0.846. The van der Waals surface area contributed by atoms with E-state index >= 15 is 0 Å². The van der Waals surface area contributed by atoms with Gasteiger partial charge in [-0.1, -0.05) is 188 Å². The van der Waals surface area contributed by atoms with Crippen LogP contribution in [0.2, 0.25) is 0 Å². The molecule has 0 spiro atoms. The molecule has 0 bridgehead atoms. The third-order valence-electron chi connectivity index (χ3n) is 14.3. The minimum absolute atomic E-state index is 1.15. The van der Waals surface area contributed by atoms with Gasteiger partial charge in [-0.2, -0.15) is 0 Å². The van der Waals surface area contributed by atoms with Crippen molar-refractivity contribution in [1.29, 1.82) is 0 Å². The number of nitrogens with zero attached hydrogens (tertiary/aromatic N) is 2. The van der Waals surface area contributed by atoms with E-state index < -0.39 is 0 Å². The normalized spacial score (nSPS) is 11.8. The first-order valence-corrected chi connectivity index (χ1v) is 23.5. The molecule has 14 aromatic rings. The summed E-state index contributed by atoms with van der Waals surface area (Å²) in [5.41, 5.74) is 16.8. The van der Waals surface area contributed by atoms with E-state index in [1.165, 1.54) is 120 Å². The zero-order chi connectivity index (χ0) is 44.7. The van der Waals surface area contributed by atoms with Gasteiger partial charge in [0.1, 0.15) is 0 Å². The van der Waals surface area contributed by atoms with Crippen molar-refractivity contribution in [3.05, 3.63) is 255 Å². The summed E-state index contributed by atoms with van der Waals surface area (Å²) in [4.78, 5) is 0. The summed E-state index contributed by atoms with van der Waals surface area (Å²) in [7, 11) is 0. The Kier molecular flexibility index (Phi) is 8.62. The van der Waals surface area contributed by atoms with Gasteiger partial charge in [0.2, 0.25) is 0 Å². The molecule has 0 saturated carbocycles. The van der Waals surface area contributed by atoms with E-state index in [4.69, 9.17) is 0 Å². The Morgan fingerprint density at radius 3 is 1.31 bits per heavy atom. The summed E-state index contributed by atoms with van der Waals surface area (Å²) < 4.78 is 4.85. The van der Waals surface area contributed by atoms with Crippen LogP contribution in [-0.4, -0.2) is 9.13 Å². The van der Waals surface area contributed by atoms with Crippen molar-refractivity contribution >= 4 is 75.9 Å². The second-order valence-electron chi connectivity index (χ2n) is 18.1. The number of rotatable bonds is 6. The molecule has 0 radical (unpaired) electrons. The highest BCUT2D eigenvalue weighted by atomic mass is 15.0. The molecule has 2 heterocycles. The Morgan fingerprint density at radius 1 is 0.206 bits per heavy atom. The Morgan fingerprint density at radius 2 is 0.662 bits per heavy atom. The fourth-order valence-corrected chi connectivity index (χ4v) is 11.1. The highest BCUT2D eigenvalue weighted by molar-refractivity contribution is 6.23. The average molecular weight is 863 g/mol. The van der Waals surface area contributed by atoms with Gasteiger partial charge in [0, 0.05) is 32.9 Å². The van der Waals surface area contributed by atoms with Crippen molar-refractivity contribution in [1.82, 2.24) is 9.13 Å². The maximum atomic E-state index is 2.44. The molecule has 316 valence electrons. The number of hydrogen-bond acceptors (Lipinski definition) is 0. The fraction of sp³-hybridized carbons (Fsp3) is 0. The van der Waals surface area contributed by atoms with E-state index in [0.717, 1.165) is 11.4 Å². The second kappa shape index (κ2) is 15.3. The molecule has 0 fully saturated rings. The molecular formula is C66H42N2. The van der Waals surface area contributed by atoms with Crippen molar-refractivity contribution in [2.75, 3.05) is 0 Å². The summed E-state index contributed by atoms with van der Waals surface area (Å²) in [5.74, 6) is 0. The molecule has 0 aliphatic heterocycles. The van der Waals surface area contributed by atoms with E-state index in [1.807, 2.05) is 0 Å². The van der Waals surface area contributed by atoms with Gasteiger partial charge in [-0.05, 0) is 144 Å². The van der Waals surface area contributed by atoms with Crippen LogP contribution in [0.1, 0.15) is 0 Å². The molecule has 68 heavy (non-hydrogen) atoms. The Labute approximate surface area is 393 Å². The summed E-state index contributed by atoms with van der Waals surface area (Å²) >= 11 is 0. The van der Waals surface area contributed by atoms with Crippen molar-refractivity contribution in [3.63, 3.8) is 0 Å². The summed E-state index contributed by atoms with van der Waals surface area (Å²) in [6.07, 6.45) is 0. The van der Waals surface area contributed by atoms with Crippen LogP contribution in [0.25, 0.3) is 132 Å². The van der Waals surface area contributed by atoms with Crippen molar-refractivity contribution in [2.45, 2.75) is 0 Å². The van der Waals surface area contributed by atoms with Gasteiger partial charge in [-0.15, -0.1) is 0 Å². The standard InChI is InChI=1S/C66H42N2/c1-2-13-43(14-3-1)44-25-27-45(28-26-44)46-31-35-52(36-32-46)67-62-23-10-8-20-56(62)60-40-48(33-37-64(60)67)49-34-38-65-61(41-49)57-21-9-11-24-63(57)68(65)53-17-12-16-50(39-53)59-42-51-30-29-47-15-4-5-18-54(47)66(51)58-22-7-6-19-55(58)59/h1-42H. The molecule has 0 amide bonds. The summed E-state index contributed by atoms with van der Waals surface area (Å²) in [6, 6.07) is 93.7. The van der Waals surface area contributed by atoms with E-state index in [9.17, 15) is 0 Å². The van der Waals surface area contributed by atoms with Crippen LogP contribution in [0, 0.1) is 0 Å². The molecule has 0 aliphatic carbocycles. The van der Waals surface area contributed by atoms with Gasteiger partial charge in [0.25, 0.3) is 0 Å². The SMILES string of the molecule is c1ccc(-c2ccc(-c3ccc(-n4c5ccccc5c5cc(-c6ccc7c(c6)c6ccccc6n7-c6cccc(-c7cc8ccc9ccccc9c8c8ccccc78)c6)ccc54)cc3)cc2)cc1. The maximum Gasteiger partial charge on any atom is 0.0541 e. The first-order valence-electron chi connectivity index (χ1n) is 23.5. The lowest BCUT2D eigenvalue weighted by Crippen LogP contribution is -1.95. The number of benzene rings is 12. The van der Waals surface area contributed by atoms with Gasteiger partial charge in [0.05, 0.1) is 22.1 Å². The quantitative estimate of drug-likeness (QED) is 0.147. The van der Waals surface area contributed by atoms with Gasteiger partial charge in [-0.25, -0.2) is 0 Å². The predicted molar refractivity (Wildman–Crippen MR) is 289 cm³/mol. The van der Waals surface area contributed by atoms with E-state index in [1.54, 1.807) is 0 Å². The van der Waals surface area contributed by atoms with Crippen LogP contribution in [0.3, 0.4) is 0 Å². The highest BCUT2D eigenvalue weighted by Crippen LogP contribution is 2.42. The Bertz CT molecular complexity index is 4290. The van der Waals surface area contributed by atoms with Crippen LogP contribution in [0.15, 0.2) is 255 Å². The summed E-state index contributed by atoms with van der Waals surface area (Å²) in [5, 5.41) is 12.6. The lowest BCUT2D eigenvalue weighted by atomic mass is 9.90. The zero-order valence-electron chi connectivity index (χ0n) is 37.1. The molecule has 0 atom stereocenters. The molecule has 12 aromatic carbocycles. The molecule has 2 heteroatoms. The molecule has 0 N–H and O–H groups in total. The van der Waals surface area contributed by atoms with Crippen LogP contribution in [0.5, 0.6) is 0 Å². The predicted octanol–water partition coefficient (Wildman–Crippen LogP) is 18.0. The first kappa shape index (κ1) is 38.3. The molecule has 2 nitrogen and oxygen atoms in total. The number of aromatic nitrogens is 2. The van der Waals surface area contributed by atoms with Crippen LogP contribution < -0.4 is 0 Å². The molecule has 14 rings (SSSR count). The van der Waals surface area contributed by atoms with Gasteiger partial charge in [-0.3, -0.25) is 0 Å². The van der Waals surface area contributed by atoms with Crippen LogP contribution in [-0.2, 0) is 0 Å². The lowest BCUT2D eigenvalue weighted by Gasteiger charge is -2.15. The molecule has 0 aliphatic rings. The number of hydrogen-bond donors (Lipinski definition) is 0. The Hall–Kier alpha value is -8.98. The van der Waals surface area contributed by atoms with Crippen LogP contribution >= 0.6 is 0 Å². The fourth-order valence-electron chi connectivity index (χ4n) is 11.1. The van der Waals surface area contributed by atoms with Gasteiger partial charge in [0.15, 0.2) is 0 Å². The third-order valence-corrected chi connectivity index (χ3v) is 14.3. The smallest absolute Gasteiger partial charge is 0.0541 e. The molecule has 2 aromatic heterocycles. The highest BCUT2D eigenvalue weighted by Gasteiger charge is 2.18. The van der Waals surface area contributed by atoms with Crippen LogP contribution in [0.4, 0.5) is 0 Å². The molecule has 0 unspecified atom stereocenters. The van der Waals surface area contributed by atoms with E-state index in [0.29, 0.717) is 0 Å². The maximum absolute atomic E-state index is 2.44. The molecule has 0 saturated heterocycles. The third kappa shape index (κ3) is 6.05. The largest absolute Gasteiger partial charge is 0.309 e. The van der Waals surface area contributed by atoms with Crippen molar-refractivity contribution < 1.29 is 0 Å². The average Bonchev–Trinajstić information content (AvgIpc) is 3.93. The minimum atomic E-state index is 1.15. The van der Waals surface area contributed by atoms with Gasteiger partial charge >= 0.3 is 0 Å².